The highest BCUT2D eigenvalue weighted by molar-refractivity contribution is 6.34. The van der Waals surface area contributed by atoms with Crippen LogP contribution in [0.25, 0.3) is 64.1 Å². The Kier molecular flexibility index (Phi) is 9.25. The molecule has 7 rings (SSSR count). The molecule has 2 aliphatic carbocycles. The third kappa shape index (κ3) is 5.86. The minimum atomic E-state index is 0.0268. The van der Waals surface area contributed by atoms with Crippen LogP contribution < -0.4 is 0 Å². The molecule has 0 spiro atoms. The van der Waals surface area contributed by atoms with Crippen molar-refractivity contribution in [3.8, 4) is 36.4 Å². The standard InChI is InChI=1S/C48H16N10/c1-55-34-11-9-31(10-12-34)45-43(26-54)38-19-39-37(20-40(38)47(45)48(58-4)33-14-29(23-51)16-36(18-33)57-3)42(25-53)44(30-7-5-27(21-49)6-8-30)46(39)41(24-52)32-13-28(22-50)15-35(17-32)56-2/h5-20H/b46-41+,48-47-. The number of rotatable bonds is 4. The second-order valence-electron chi connectivity index (χ2n) is 12.7. The van der Waals surface area contributed by atoms with E-state index in [1.54, 1.807) is 60.7 Å². The number of fused-ring (bicyclic) bond motifs is 2. The molecule has 0 N–H and O–H groups in total. The van der Waals surface area contributed by atoms with Crippen LogP contribution in [-0.4, -0.2) is 0 Å². The molecule has 0 bridgehead atoms. The second-order valence-corrected chi connectivity index (χ2v) is 12.7. The molecule has 0 aromatic heterocycles. The molecule has 0 saturated heterocycles. The van der Waals surface area contributed by atoms with Crippen LogP contribution in [0.15, 0.2) is 97.1 Å². The van der Waals surface area contributed by atoms with Crippen molar-refractivity contribution in [1.29, 1.82) is 31.6 Å². The highest BCUT2D eigenvalue weighted by Gasteiger charge is 2.37. The van der Waals surface area contributed by atoms with E-state index in [4.69, 9.17) is 26.3 Å². The quantitative estimate of drug-likeness (QED) is 0.132. The van der Waals surface area contributed by atoms with Crippen molar-refractivity contribution in [2.24, 2.45) is 0 Å². The fourth-order valence-corrected chi connectivity index (χ4v) is 7.24. The number of hydrogen-bond acceptors (Lipinski definition) is 6. The molecule has 0 amide bonds. The van der Waals surface area contributed by atoms with Gasteiger partial charge in [0.25, 0.3) is 0 Å². The van der Waals surface area contributed by atoms with E-state index in [0.717, 1.165) is 0 Å². The molecular weight excluding hydrogens is 717 g/mol. The van der Waals surface area contributed by atoms with Crippen LogP contribution in [0.5, 0.6) is 0 Å². The summed E-state index contributed by atoms with van der Waals surface area (Å²) in [5.74, 6) is 0. The van der Waals surface area contributed by atoms with Gasteiger partial charge in [-0.15, -0.1) is 0 Å². The molecule has 10 nitrogen and oxygen atoms in total. The van der Waals surface area contributed by atoms with Crippen molar-refractivity contribution < 1.29 is 0 Å². The van der Waals surface area contributed by atoms with Crippen molar-refractivity contribution in [3.05, 3.63) is 204 Å². The maximum absolute atomic E-state index is 10.9. The number of hydrogen-bond donors (Lipinski definition) is 0. The van der Waals surface area contributed by atoms with E-state index in [1.807, 2.05) is 12.1 Å². The van der Waals surface area contributed by atoms with Gasteiger partial charge in [0.15, 0.2) is 17.1 Å². The van der Waals surface area contributed by atoms with Gasteiger partial charge in [-0.3, -0.25) is 0 Å². The minimum Gasteiger partial charge on any atom is -0.238 e. The molecule has 58 heavy (non-hydrogen) atoms. The normalized spacial score (nSPS) is 13.6. The molecule has 2 aliphatic rings. The zero-order valence-corrected chi connectivity index (χ0v) is 29.7. The monoisotopic (exact) mass is 732 g/mol. The van der Waals surface area contributed by atoms with Gasteiger partial charge in [-0.1, -0.05) is 48.5 Å². The Bertz CT molecular complexity index is 3010. The molecule has 0 unspecified atom stereocenters. The minimum absolute atomic E-state index is 0.0268. The summed E-state index contributed by atoms with van der Waals surface area (Å²) in [4.78, 5) is 14.4. The van der Waals surface area contributed by atoms with Crippen LogP contribution >= 0.6 is 0 Å². The molecule has 258 valence electrons. The Morgan fingerprint density at radius 2 is 0.897 bits per heavy atom. The molecular formula is C48H16N10. The Morgan fingerprint density at radius 3 is 1.36 bits per heavy atom. The van der Waals surface area contributed by atoms with Crippen molar-refractivity contribution in [3.63, 3.8) is 0 Å². The topological polar surface area (TPSA) is 160 Å². The average Bonchev–Trinajstić information content (AvgIpc) is 3.77. The van der Waals surface area contributed by atoms with Gasteiger partial charge in [0.05, 0.1) is 66.8 Å². The first-order valence-electron chi connectivity index (χ1n) is 16.9. The molecule has 0 radical (unpaired) electrons. The Balaban J connectivity index is 1.66. The summed E-state index contributed by atoms with van der Waals surface area (Å²) in [5, 5.41) is 62.0. The predicted octanol–water partition coefficient (Wildman–Crippen LogP) is 11.1. The lowest BCUT2D eigenvalue weighted by Crippen LogP contribution is -1.96. The molecule has 5 aromatic carbocycles. The van der Waals surface area contributed by atoms with Gasteiger partial charge in [0.1, 0.15) is 18.2 Å². The van der Waals surface area contributed by atoms with E-state index in [-0.39, 0.29) is 56.0 Å². The summed E-state index contributed by atoms with van der Waals surface area (Å²) in [6.07, 6.45) is 0. The SMILES string of the molecule is [C-]#[N+]/C(=C1\C(c2ccc([N+]#[C-])cc2)=C(C#N)c2cc3c(cc21)C(C#N)=C(c1ccc(C#N)cc1)/C3=C(\C#N)c1cc(C#N)cc([N+]#[C-])c1)c1cc(C#N)cc([N+]#[C-])c1. The van der Waals surface area contributed by atoms with E-state index in [9.17, 15) is 31.6 Å². The zero-order chi connectivity index (χ0) is 41.1. The number of benzene rings is 5. The second kappa shape index (κ2) is 14.8. The Labute approximate surface area is 332 Å². The molecule has 0 atom stereocenters. The number of allylic oxidation sites excluding steroid dienone is 7. The van der Waals surface area contributed by atoms with Gasteiger partial charge < -0.3 is 0 Å². The van der Waals surface area contributed by atoms with Gasteiger partial charge in [0.2, 0.25) is 5.70 Å². The van der Waals surface area contributed by atoms with Gasteiger partial charge in [-0.05, 0) is 93.1 Å². The van der Waals surface area contributed by atoms with E-state index < -0.39 is 0 Å². The van der Waals surface area contributed by atoms with Crippen LogP contribution in [0.4, 0.5) is 17.1 Å². The van der Waals surface area contributed by atoms with Crippen molar-refractivity contribution in [2.45, 2.75) is 0 Å². The summed E-state index contributed by atoms with van der Waals surface area (Å²) in [5.41, 5.74) is 5.87. The lowest BCUT2D eigenvalue weighted by molar-refractivity contribution is 1.47. The maximum atomic E-state index is 10.9. The fourth-order valence-electron chi connectivity index (χ4n) is 7.24. The molecule has 0 heterocycles. The van der Waals surface area contributed by atoms with Gasteiger partial charge in [-0.25, -0.2) is 19.4 Å². The van der Waals surface area contributed by atoms with Crippen LogP contribution in [0.3, 0.4) is 0 Å². The van der Waals surface area contributed by atoms with E-state index in [0.29, 0.717) is 66.9 Å². The molecule has 0 saturated carbocycles. The lowest BCUT2D eigenvalue weighted by Gasteiger charge is -2.15. The van der Waals surface area contributed by atoms with Crippen molar-refractivity contribution >= 4 is 61.8 Å². The first-order chi connectivity index (χ1) is 28.3. The summed E-state index contributed by atoms with van der Waals surface area (Å²) in [6.45, 7) is 31.3. The maximum Gasteiger partial charge on any atom is 0.201 e. The number of nitrogens with zero attached hydrogens (tertiary/aromatic N) is 10. The Morgan fingerprint density at radius 1 is 0.431 bits per heavy atom. The smallest absolute Gasteiger partial charge is 0.201 e. The Hall–Kier alpha value is -10.0. The van der Waals surface area contributed by atoms with E-state index >= 15 is 0 Å². The highest BCUT2D eigenvalue weighted by Crippen LogP contribution is 2.56. The third-order valence-corrected chi connectivity index (χ3v) is 9.67. The van der Waals surface area contributed by atoms with Gasteiger partial charge in [-0.2, -0.15) is 31.6 Å². The van der Waals surface area contributed by atoms with Crippen LogP contribution in [-0.2, 0) is 0 Å². The van der Waals surface area contributed by atoms with E-state index in [2.05, 4.69) is 43.7 Å². The molecule has 10 heteroatoms. The highest BCUT2D eigenvalue weighted by atomic mass is 14.7. The lowest BCUT2D eigenvalue weighted by atomic mass is 9.87. The third-order valence-electron chi connectivity index (χ3n) is 9.67. The fraction of sp³-hybridized carbons (Fsp3) is 0. The summed E-state index contributed by atoms with van der Waals surface area (Å²) in [7, 11) is 0. The van der Waals surface area contributed by atoms with Crippen LogP contribution in [0.2, 0.25) is 0 Å². The van der Waals surface area contributed by atoms with E-state index in [1.165, 1.54) is 36.4 Å². The molecule has 5 aromatic rings. The average molecular weight is 733 g/mol. The van der Waals surface area contributed by atoms with Gasteiger partial charge >= 0.3 is 0 Å². The first-order valence-corrected chi connectivity index (χ1v) is 16.9. The number of nitriles is 6. The molecule has 0 aliphatic heterocycles. The summed E-state index contributed by atoms with van der Waals surface area (Å²) < 4.78 is 0. The zero-order valence-electron chi connectivity index (χ0n) is 29.7. The first kappa shape index (κ1) is 36.3. The predicted molar refractivity (Wildman–Crippen MR) is 216 cm³/mol. The largest absolute Gasteiger partial charge is 0.238 e. The van der Waals surface area contributed by atoms with Crippen molar-refractivity contribution in [2.75, 3.05) is 0 Å². The van der Waals surface area contributed by atoms with Crippen LogP contribution in [0, 0.1) is 94.3 Å². The van der Waals surface area contributed by atoms with Gasteiger partial charge in [0, 0.05) is 33.4 Å². The molecule has 0 fully saturated rings. The van der Waals surface area contributed by atoms with Crippen LogP contribution in [0.1, 0.15) is 61.2 Å². The summed E-state index contributed by atoms with van der Waals surface area (Å²) in [6, 6.07) is 38.1. The summed E-state index contributed by atoms with van der Waals surface area (Å²) >= 11 is 0. The van der Waals surface area contributed by atoms with Crippen molar-refractivity contribution in [1.82, 2.24) is 0 Å².